The Morgan fingerprint density at radius 2 is 1.42 bits per heavy atom. The van der Waals surface area contributed by atoms with Crippen LogP contribution in [-0.4, -0.2) is 37.6 Å². The van der Waals surface area contributed by atoms with E-state index in [2.05, 4.69) is 5.32 Å². The summed E-state index contributed by atoms with van der Waals surface area (Å²) in [6, 6.07) is 24.5. The molecule has 3 amide bonds. The summed E-state index contributed by atoms with van der Waals surface area (Å²) in [6.07, 6.45) is -0.383. The standard InChI is InChI=1S/C26H27N3O5.C2H6/c1-29(21-12-14-22(15-13-21)33-18-24(27)30)25(31)23(16-19-8-4-2-5-9-19)28-26(32)34-17-20-10-6-3-7-11-20;1-2/h2-15,23H,16-18H2,1H3,(H2,27,30)(H,28,32);1-2H3. The number of nitrogens with zero attached hydrogens (tertiary/aromatic N) is 1. The molecule has 8 heteroatoms. The lowest BCUT2D eigenvalue weighted by Crippen LogP contribution is -2.48. The molecule has 0 aromatic heterocycles. The maximum absolute atomic E-state index is 13.3. The Balaban J connectivity index is 0.00000222. The first kappa shape index (κ1) is 27.9. The molecule has 8 nitrogen and oxygen atoms in total. The van der Waals surface area contributed by atoms with Gasteiger partial charge in [0.2, 0.25) is 5.91 Å². The second-order valence-electron chi connectivity index (χ2n) is 7.59. The third-order valence-corrected chi connectivity index (χ3v) is 5.02. The van der Waals surface area contributed by atoms with E-state index in [1.165, 1.54) is 4.90 Å². The van der Waals surface area contributed by atoms with Crippen molar-refractivity contribution in [3.63, 3.8) is 0 Å². The van der Waals surface area contributed by atoms with Crippen molar-refractivity contribution in [2.24, 2.45) is 5.73 Å². The Kier molecular flexibility index (Phi) is 11.5. The maximum atomic E-state index is 13.3. The largest absolute Gasteiger partial charge is 0.484 e. The molecule has 36 heavy (non-hydrogen) atoms. The van der Waals surface area contributed by atoms with Crippen molar-refractivity contribution in [1.82, 2.24) is 5.32 Å². The molecule has 0 saturated carbocycles. The van der Waals surface area contributed by atoms with Crippen LogP contribution < -0.4 is 20.7 Å². The van der Waals surface area contributed by atoms with E-state index in [0.717, 1.165) is 11.1 Å². The Bertz CT molecular complexity index is 1090. The van der Waals surface area contributed by atoms with Gasteiger partial charge in [0, 0.05) is 19.2 Å². The molecule has 0 fully saturated rings. The summed E-state index contributed by atoms with van der Waals surface area (Å²) in [4.78, 5) is 38.1. The van der Waals surface area contributed by atoms with Crippen LogP contribution in [0.1, 0.15) is 25.0 Å². The zero-order valence-corrected chi connectivity index (χ0v) is 20.8. The van der Waals surface area contributed by atoms with E-state index in [0.29, 0.717) is 17.9 Å². The van der Waals surface area contributed by atoms with Crippen LogP contribution in [0.4, 0.5) is 10.5 Å². The van der Waals surface area contributed by atoms with Gasteiger partial charge in [-0.1, -0.05) is 74.5 Å². The van der Waals surface area contributed by atoms with E-state index in [1.807, 2.05) is 74.5 Å². The molecule has 1 atom stereocenters. The van der Waals surface area contributed by atoms with Crippen molar-refractivity contribution >= 4 is 23.6 Å². The highest BCUT2D eigenvalue weighted by Crippen LogP contribution is 2.20. The molecule has 0 heterocycles. The van der Waals surface area contributed by atoms with Crippen molar-refractivity contribution in [1.29, 1.82) is 0 Å². The van der Waals surface area contributed by atoms with Crippen LogP contribution in [0.25, 0.3) is 0 Å². The molecule has 1 unspecified atom stereocenters. The van der Waals surface area contributed by atoms with Gasteiger partial charge in [-0.2, -0.15) is 0 Å². The highest BCUT2D eigenvalue weighted by Gasteiger charge is 2.26. The fourth-order valence-corrected chi connectivity index (χ4v) is 3.24. The van der Waals surface area contributed by atoms with Crippen molar-refractivity contribution in [3.8, 4) is 5.75 Å². The highest BCUT2D eigenvalue weighted by atomic mass is 16.5. The van der Waals surface area contributed by atoms with E-state index in [4.69, 9.17) is 15.2 Å². The molecular weight excluding hydrogens is 458 g/mol. The predicted octanol–water partition coefficient (Wildman–Crippen LogP) is 4.08. The fraction of sp³-hybridized carbons (Fsp3) is 0.250. The number of anilines is 1. The maximum Gasteiger partial charge on any atom is 0.408 e. The predicted molar refractivity (Wildman–Crippen MR) is 140 cm³/mol. The van der Waals surface area contributed by atoms with Gasteiger partial charge in [0.15, 0.2) is 6.61 Å². The average molecular weight is 492 g/mol. The molecule has 0 bridgehead atoms. The summed E-state index contributed by atoms with van der Waals surface area (Å²) in [5.74, 6) is -0.441. The summed E-state index contributed by atoms with van der Waals surface area (Å²) in [5.41, 5.74) is 7.42. The number of carbonyl (C=O) groups excluding carboxylic acids is 3. The van der Waals surface area contributed by atoms with E-state index >= 15 is 0 Å². The van der Waals surface area contributed by atoms with Crippen molar-refractivity contribution in [2.45, 2.75) is 32.9 Å². The number of likely N-dealkylation sites (N-methyl/N-ethyl adjacent to an activating group) is 1. The van der Waals surface area contributed by atoms with Crippen LogP contribution in [0.15, 0.2) is 84.9 Å². The van der Waals surface area contributed by atoms with Gasteiger partial charge in [-0.3, -0.25) is 9.59 Å². The van der Waals surface area contributed by atoms with Crippen LogP contribution in [0.3, 0.4) is 0 Å². The molecule has 3 aromatic rings. The Morgan fingerprint density at radius 3 is 1.97 bits per heavy atom. The lowest BCUT2D eigenvalue weighted by molar-refractivity contribution is -0.120. The number of hydrogen-bond acceptors (Lipinski definition) is 5. The number of hydrogen-bond donors (Lipinski definition) is 2. The van der Waals surface area contributed by atoms with Gasteiger partial charge < -0.3 is 25.4 Å². The van der Waals surface area contributed by atoms with Gasteiger partial charge in [-0.05, 0) is 35.4 Å². The van der Waals surface area contributed by atoms with Gasteiger partial charge in [-0.25, -0.2) is 4.79 Å². The number of amides is 3. The van der Waals surface area contributed by atoms with Crippen LogP contribution in [0.5, 0.6) is 5.75 Å². The quantitative estimate of drug-likeness (QED) is 0.444. The Hall–Kier alpha value is -4.33. The number of benzene rings is 3. The second kappa shape index (κ2) is 14.8. The smallest absolute Gasteiger partial charge is 0.408 e. The molecule has 0 aliphatic rings. The number of nitrogens with two attached hydrogens (primary N) is 1. The molecule has 3 aromatic carbocycles. The molecule has 0 aliphatic heterocycles. The zero-order chi connectivity index (χ0) is 26.3. The normalized spacial score (nSPS) is 10.8. The third-order valence-electron chi connectivity index (χ3n) is 5.02. The Morgan fingerprint density at radius 1 is 0.861 bits per heavy atom. The van der Waals surface area contributed by atoms with Crippen LogP contribution >= 0.6 is 0 Å². The monoisotopic (exact) mass is 491 g/mol. The fourth-order valence-electron chi connectivity index (χ4n) is 3.24. The molecule has 190 valence electrons. The number of carbonyl (C=O) groups is 3. The lowest BCUT2D eigenvalue weighted by Gasteiger charge is -2.25. The number of ether oxygens (including phenoxy) is 2. The van der Waals surface area contributed by atoms with E-state index in [-0.39, 0.29) is 19.1 Å². The number of primary amides is 1. The van der Waals surface area contributed by atoms with Gasteiger partial charge in [-0.15, -0.1) is 0 Å². The second-order valence-corrected chi connectivity index (χ2v) is 7.59. The summed E-state index contributed by atoms with van der Waals surface area (Å²) in [6.45, 7) is 3.86. The zero-order valence-electron chi connectivity index (χ0n) is 20.8. The summed E-state index contributed by atoms with van der Waals surface area (Å²) in [5, 5.41) is 2.70. The molecule has 0 aliphatic carbocycles. The van der Waals surface area contributed by atoms with Crippen molar-refractivity contribution in [3.05, 3.63) is 96.1 Å². The first-order valence-electron chi connectivity index (χ1n) is 11.7. The van der Waals surface area contributed by atoms with Gasteiger partial charge in [0.25, 0.3) is 5.91 Å². The van der Waals surface area contributed by atoms with Gasteiger partial charge in [0.1, 0.15) is 18.4 Å². The molecule has 0 saturated heterocycles. The topological polar surface area (TPSA) is 111 Å². The summed E-state index contributed by atoms with van der Waals surface area (Å²) < 4.78 is 10.6. The molecular formula is C28H33N3O5. The molecule has 3 N–H and O–H groups in total. The van der Waals surface area contributed by atoms with Crippen molar-refractivity contribution in [2.75, 3.05) is 18.6 Å². The average Bonchev–Trinajstić information content (AvgIpc) is 2.92. The minimum absolute atomic E-state index is 0.0987. The minimum atomic E-state index is -0.846. The molecule has 0 spiro atoms. The SMILES string of the molecule is CC.CN(C(=O)C(Cc1ccccc1)NC(=O)OCc1ccccc1)c1ccc(OCC(N)=O)cc1. The highest BCUT2D eigenvalue weighted by molar-refractivity contribution is 5.98. The summed E-state index contributed by atoms with van der Waals surface area (Å²) in [7, 11) is 1.62. The first-order chi connectivity index (χ1) is 17.4. The van der Waals surface area contributed by atoms with Gasteiger partial charge in [0.05, 0.1) is 0 Å². The molecule has 3 rings (SSSR count). The molecule has 0 radical (unpaired) electrons. The van der Waals surface area contributed by atoms with E-state index in [9.17, 15) is 14.4 Å². The van der Waals surface area contributed by atoms with Crippen molar-refractivity contribution < 1.29 is 23.9 Å². The van der Waals surface area contributed by atoms with Crippen LogP contribution in [-0.2, 0) is 27.4 Å². The third kappa shape index (κ3) is 9.13. The van der Waals surface area contributed by atoms with Gasteiger partial charge >= 0.3 is 6.09 Å². The lowest BCUT2D eigenvalue weighted by atomic mass is 10.0. The Labute approximate surface area is 212 Å². The first-order valence-corrected chi connectivity index (χ1v) is 11.7. The number of nitrogens with one attached hydrogen (secondary N) is 1. The number of rotatable bonds is 10. The van der Waals surface area contributed by atoms with Crippen LogP contribution in [0.2, 0.25) is 0 Å². The van der Waals surface area contributed by atoms with Crippen LogP contribution in [0, 0.1) is 0 Å². The summed E-state index contributed by atoms with van der Waals surface area (Å²) >= 11 is 0. The van der Waals surface area contributed by atoms with E-state index in [1.54, 1.807) is 31.3 Å². The van der Waals surface area contributed by atoms with E-state index < -0.39 is 18.0 Å². The number of alkyl carbamates (subject to hydrolysis) is 1. The minimum Gasteiger partial charge on any atom is -0.484 e.